The number of piperazine rings is 2. The van der Waals surface area contributed by atoms with Crippen LogP contribution in [0.3, 0.4) is 0 Å². The number of amides is 5. The highest BCUT2D eigenvalue weighted by Gasteiger charge is 2.46. The standard InChI is InChI=1S/C30H40FN3O6.C25H32FN3O4/c1-6-14-39-24-16-22(15-23(31)18-24)17-25(32-20(2)35)27(36)26-28(37)33(19-21-10-8-7-9-11-21)12-13-34(26)29(38)40-30(3,4)5;1-3-11-33-21-13-19(12-20(26)15-21)14-22(28-17(2)30)24(31)23-25(32)29(10-9-27-23)16-18-7-5-4-6-8-18/h7-11,15-16,18,25-27,36H,6,12-14,17,19H2,1-5H3,(H,32,35);4-8,12-13,15,22-24,27,31H,3,9-11,14,16H2,1-2H3,(H,28,30)/t25-,26-,27-;22-,23-,24-/m00/s1. The van der Waals surface area contributed by atoms with Gasteiger partial charge in [-0.1, -0.05) is 74.5 Å². The minimum Gasteiger partial charge on any atom is -0.493 e. The summed E-state index contributed by atoms with van der Waals surface area (Å²) in [5.74, 6) is -1.78. The number of carbonyl (C=O) groups excluding carboxylic acids is 5. The van der Waals surface area contributed by atoms with Crippen LogP contribution in [-0.2, 0) is 49.8 Å². The Hall–Kier alpha value is -6.63. The molecule has 0 radical (unpaired) electrons. The van der Waals surface area contributed by atoms with Gasteiger partial charge in [-0.15, -0.1) is 0 Å². The summed E-state index contributed by atoms with van der Waals surface area (Å²) in [6.07, 6.45) is -1.81. The van der Waals surface area contributed by atoms with Crippen molar-refractivity contribution in [2.45, 2.75) is 129 Å². The van der Waals surface area contributed by atoms with Crippen LogP contribution in [0.5, 0.6) is 11.5 Å². The molecule has 2 heterocycles. The monoisotopic (exact) mass is 1010 g/mol. The van der Waals surface area contributed by atoms with Gasteiger partial charge < -0.3 is 50.2 Å². The summed E-state index contributed by atoms with van der Waals surface area (Å²) in [5.41, 5.74) is 2.08. The number of benzene rings is 4. The first-order valence-corrected chi connectivity index (χ1v) is 24.9. The van der Waals surface area contributed by atoms with Gasteiger partial charge in [-0.05, 0) is 93.0 Å². The van der Waals surface area contributed by atoms with Crippen LogP contribution in [0.25, 0.3) is 0 Å². The van der Waals surface area contributed by atoms with Crippen LogP contribution in [0.4, 0.5) is 13.6 Å². The van der Waals surface area contributed by atoms with E-state index in [0.29, 0.717) is 55.5 Å². The lowest BCUT2D eigenvalue weighted by Crippen LogP contribution is -2.66. The van der Waals surface area contributed by atoms with E-state index in [4.69, 9.17) is 14.2 Å². The predicted molar refractivity (Wildman–Crippen MR) is 271 cm³/mol. The van der Waals surface area contributed by atoms with Crippen molar-refractivity contribution in [2.75, 3.05) is 39.4 Å². The van der Waals surface area contributed by atoms with E-state index < -0.39 is 71.5 Å². The predicted octanol–water partition coefficient (Wildman–Crippen LogP) is 5.69. The zero-order chi connectivity index (χ0) is 53.2. The Kier molecular flexibility index (Phi) is 21.5. The summed E-state index contributed by atoms with van der Waals surface area (Å²) >= 11 is 0. The van der Waals surface area contributed by atoms with Crippen molar-refractivity contribution in [1.29, 1.82) is 0 Å². The normalized spacial score (nSPS) is 17.6. The lowest BCUT2D eigenvalue weighted by Gasteiger charge is -2.44. The quantitative estimate of drug-likeness (QED) is 0.0729. The van der Waals surface area contributed by atoms with Gasteiger partial charge in [0, 0.05) is 65.2 Å². The molecule has 2 aliphatic rings. The van der Waals surface area contributed by atoms with Crippen LogP contribution in [0.1, 0.15) is 83.6 Å². The summed E-state index contributed by atoms with van der Waals surface area (Å²) in [4.78, 5) is 68.7. The number of ether oxygens (including phenoxy) is 3. The topological polar surface area (TPSA) is 199 Å². The molecular formula is C55H72F2N6O10. The van der Waals surface area contributed by atoms with Crippen LogP contribution >= 0.6 is 0 Å². The van der Waals surface area contributed by atoms with Crippen molar-refractivity contribution in [3.63, 3.8) is 0 Å². The van der Waals surface area contributed by atoms with Gasteiger partial charge >= 0.3 is 6.09 Å². The number of nitrogens with one attached hydrogen (secondary N) is 3. The van der Waals surface area contributed by atoms with E-state index in [-0.39, 0.29) is 44.3 Å². The number of aliphatic hydroxyl groups is 2. The molecule has 6 atom stereocenters. The van der Waals surface area contributed by atoms with E-state index in [1.54, 1.807) is 42.7 Å². The van der Waals surface area contributed by atoms with Crippen LogP contribution < -0.4 is 25.4 Å². The average molecular weight is 1020 g/mol. The average Bonchev–Trinajstić information content (AvgIpc) is 3.33. The summed E-state index contributed by atoms with van der Waals surface area (Å²) in [5, 5.41) is 31.3. The highest BCUT2D eigenvalue weighted by Crippen LogP contribution is 2.26. The Morgan fingerprint density at radius 2 is 1.14 bits per heavy atom. The number of hydrogen-bond acceptors (Lipinski definition) is 11. The Labute approximate surface area is 427 Å². The fraction of sp³-hybridized carbons (Fsp3) is 0.473. The molecule has 5 amide bonds. The maximum Gasteiger partial charge on any atom is 0.411 e. The number of halogens is 2. The number of carbonyl (C=O) groups is 5. The van der Waals surface area contributed by atoms with Crippen molar-refractivity contribution in [2.24, 2.45) is 0 Å². The van der Waals surface area contributed by atoms with Gasteiger partial charge in [0.15, 0.2) is 0 Å². The number of aliphatic hydroxyl groups excluding tert-OH is 2. The second kappa shape index (κ2) is 27.4. The Bertz CT molecular complexity index is 2440. The van der Waals surface area contributed by atoms with Gasteiger partial charge in [-0.2, -0.15) is 0 Å². The first-order valence-electron chi connectivity index (χ1n) is 24.9. The molecule has 16 nitrogen and oxygen atoms in total. The minimum absolute atomic E-state index is 0.00832. The van der Waals surface area contributed by atoms with Gasteiger partial charge in [0.05, 0.1) is 31.4 Å². The molecule has 73 heavy (non-hydrogen) atoms. The van der Waals surface area contributed by atoms with Crippen molar-refractivity contribution in [1.82, 2.24) is 30.7 Å². The van der Waals surface area contributed by atoms with E-state index in [1.807, 2.05) is 74.5 Å². The molecule has 396 valence electrons. The molecule has 0 aliphatic carbocycles. The molecule has 18 heteroatoms. The summed E-state index contributed by atoms with van der Waals surface area (Å²) in [6, 6.07) is 23.5. The second-order valence-corrected chi connectivity index (χ2v) is 19.3. The van der Waals surface area contributed by atoms with Crippen LogP contribution in [0, 0.1) is 11.6 Å². The Balaban J connectivity index is 0.000000276. The fourth-order valence-corrected chi connectivity index (χ4v) is 8.67. The van der Waals surface area contributed by atoms with E-state index in [2.05, 4.69) is 16.0 Å². The maximum atomic E-state index is 14.4. The number of nitrogens with zero attached hydrogens (tertiary/aromatic N) is 3. The van der Waals surface area contributed by atoms with Crippen molar-refractivity contribution >= 4 is 29.7 Å². The van der Waals surface area contributed by atoms with Crippen molar-refractivity contribution in [3.8, 4) is 11.5 Å². The smallest absolute Gasteiger partial charge is 0.411 e. The second-order valence-electron chi connectivity index (χ2n) is 19.3. The molecule has 2 saturated heterocycles. The van der Waals surface area contributed by atoms with Crippen LogP contribution in [-0.4, -0.2) is 136 Å². The van der Waals surface area contributed by atoms with Gasteiger partial charge in [0.1, 0.15) is 46.9 Å². The van der Waals surface area contributed by atoms with Gasteiger partial charge in [-0.25, -0.2) is 13.6 Å². The molecule has 2 aliphatic heterocycles. The molecular weight excluding hydrogens is 943 g/mol. The zero-order valence-electron chi connectivity index (χ0n) is 42.9. The summed E-state index contributed by atoms with van der Waals surface area (Å²) < 4.78 is 45.2. The van der Waals surface area contributed by atoms with Crippen LogP contribution in [0.15, 0.2) is 97.1 Å². The molecule has 4 aromatic rings. The third-order valence-corrected chi connectivity index (χ3v) is 11.9. The largest absolute Gasteiger partial charge is 0.493 e. The summed E-state index contributed by atoms with van der Waals surface area (Å²) in [6.45, 7) is 14.7. The third-order valence-electron chi connectivity index (χ3n) is 11.9. The molecule has 0 unspecified atom stereocenters. The molecule has 4 aromatic carbocycles. The molecule has 0 saturated carbocycles. The molecule has 2 fully saturated rings. The van der Waals surface area contributed by atoms with Gasteiger partial charge in [0.25, 0.3) is 0 Å². The molecule has 0 bridgehead atoms. The Morgan fingerprint density at radius 3 is 1.59 bits per heavy atom. The first kappa shape index (κ1) is 57.3. The Morgan fingerprint density at radius 1 is 0.671 bits per heavy atom. The lowest BCUT2D eigenvalue weighted by molar-refractivity contribution is -0.149. The van der Waals surface area contributed by atoms with E-state index in [1.165, 1.54) is 43.0 Å². The minimum atomic E-state index is -1.52. The van der Waals surface area contributed by atoms with Crippen molar-refractivity contribution in [3.05, 3.63) is 131 Å². The van der Waals surface area contributed by atoms with E-state index in [9.17, 15) is 43.0 Å². The fourth-order valence-electron chi connectivity index (χ4n) is 8.67. The van der Waals surface area contributed by atoms with E-state index >= 15 is 0 Å². The van der Waals surface area contributed by atoms with E-state index in [0.717, 1.165) is 24.0 Å². The highest BCUT2D eigenvalue weighted by molar-refractivity contribution is 5.88. The molecule has 0 aromatic heterocycles. The molecule has 0 spiro atoms. The zero-order valence-corrected chi connectivity index (χ0v) is 42.9. The lowest BCUT2D eigenvalue weighted by atomic mass is 9.93. The molecule has 6 rings (SSSR count). The number of rotatable bonds is 20. The summed E-state index contributed by atoms with van der Waals surface area (Å²) in [7, 11) is 0. The molecule has 5 N–H and O–H groups in total. The SMILES string of the molecule is CCCOc1cc(F)cc(C[C@H](NC(C)=O)[C@H](O)[C@@H]2NCCN(Cc3ccccc3)C2=O)c1.CCCOc1cc(F)cc(C[C@H](NC(C)=O)[C@H](O)[C@H]2C(=O)N(Cc3ccccc3)CCN2C(=O)OC(C)(C)C)c1. The van der Waals surface area contributed by atoms with Crippen LogP contribution in [0.2, 0.25) is 0 Å². The maximum absolute atomic E-state index is 14.4. The first-order chi connectivity index (χ1) is 34.7. The number of hydrogen-bond donors (Lipinski definition) is 5. The van der Waals surface area contributed by atoms with Gasteiger partial charge in [-0.3, -0.25) is 24.1 Å². The highest BCUT2D eigenvalue weighted by atomic mass is 19.1. The van der Waals surface area contributed by atoms with Crippen molar-refractivity contribution < 1.29 is 57.2 Å². The van der Waals surface area contributed by atoms with Gasteiger partial charge in [0.2, 0.25) is 23.6 Å². The third kappa shape index (κ3) is 17.8.